The number of esters is 1. The lowest BCUT2D eigenvalue weighted by Gasteiger charge is -2.05. The first-order chi connectivity index (χ1) is 13.0. The SMILES string of the molecule is CCCCn1nc(-c2c(F)cccc2F)nc1-c1ccc(C(=O)OC)cc1. The number of benzene rings is 2. The van der Waals surface area contributed by atoms with Crippen LogP contribution in [0.2, 0.25) is 0 Å². The minimum absolute atomic E-state index is 0.00579. The lowest BCUT2D eigenvalue weighted by atomic mass is 10.1. The molecule has 0 aliphatic heterocycles. The highest BCUT2D eigenvalue weighted by atomic mass is 19.1. The third-order valence-electron chi connectivity index (χ3n) is 4.15. The van der Waals surface area contributed by atoms with E-state index < -0.39 is 17.6 Å². The molecule has 5 nitrogen and oxygen atoms in total. The predicted molar refractivity (Wildman–Crippen MR) is 97.1 cm³/mol. The van der Waals surface area contributed by atoms with Crippen molar-refractivity contribution in [3.63, 3.8) is 0 Å². The summed E-state index contributed by atoms with van der Waals surface area (Å²) in [5, 5.41) is 4.32. The normalized spacial score (nSPS) is 10.8. The molecule has 1 heterocycles. The van der Waals surface area contributed by atoms with Crippen LogP contribution in [-0.2, 0) is 11.3 Å². The molecule has 0 N–H and O–H groups in total. The van der Waals surface area contributed by atoms with Crippen molar-refractivity contribution < 1.29 is 18.3 Å². The van der Waals surface area contributed by atoms with Crippen LogP contribution in [0.1, 0.15) is 30.1 Å². The number of ether oxygens (including phenoxy) is 1. The van der Waals surface area contributed by atoms with Gasteiger partial charge in [0.2, 0.25) is 0 Å². The molecule has 0 fully saturated rings. The Morgan fingerprint density at radius 2 is 1.78 bits per heavy atom. The van der Waals surface area contributed by atoms with Gasteiger partial charge in [-0.25, -0.2) is 23.2 Å². The largest absolute Gasteiger partial charge is 0.465 e. The van der Waals surface area contributed by atoms with E-state index in [1.807, 2.05) is 6.92 Å². The maximum atomic E-state index is 14.1. The fourth-order valence-electron chi connectivity index (χ4n) is 2.71. The zero-order valence-corrected chi connectivity index (χ0v) is 15.1. The Hall–Kier alpha value is -3.09. The molecule has 140 valence electrons. The highest BCUT2D eigenvalue weighted by molar-refractivity contribution is 5.89. The Balaban J connectivity index is 2.06. The second kappa shape index (κ2) is 8.07. The Bertz CT molecular complexity index is 932. The quantitative estimate of drug-likeness (QED) is 0.600. The van der Waals surface area contributed by atoms with E-state index in [0.29, 0.717) is 23.5 Å². The number of nitrogens with zero attached hydrogens (tertiary/aromatic N) is 3. The average molecular weight is 371 g/mol. The summed E-state index contributed by atoms with van der Waals surface area (Å²) in [4.78, 5) is 16.0. The maximum Gasteiger partial charge on any atom is 0.337 e. The van der Waals surface area contributed by atoms with Gasteiger partial charge in [0.1, 0.15) is 11.6 Å². The van der Waals surface area contributed by atoms with Crippen molar-refractivity contribution in [1.29, 1.82) is 0 Å². The summed E-state index contributed by atoms with van der Waals surface area (Å²) < 4.78 is 34.6. The van der Waals surface area contributed by atoms with Crippen LogP contribution in [0.4, 0.5) is 8.78 Å². The smallest absolute Gasteiger partial charge is 0.337 e. The molecule has 27 heavy (non-hydrogen) atoms. The molecule has 7 heteroatoms. The molecule has 3 aromatic rings. The number of aromatic nitrogens is 3. The molecule has 0 atom stereocenters. The fourth-order valence-corrected chi connectivity index (χ4v) is 2.71. The first kappa shape index (κ1) is 18.7. The highest BCUT2D eigenvalue weighted by Gasteiger charge is 2.19. The number of hydrogen-bond acceptors (Lipinski definition) is 4. The van der Waals surface area contributed by atoms with Crippen molar-refractivity contribution in [2.75, 3.05) is 7.11 Å². The minimum atomic E-state index is -0.713. The van der Waals surface area contributed by atoms with E-state index in [9.17, 15) is 13.6 Å². The van der Waals surface area contributed by atoms with E-state index >= 15 is 0 Å². The van der Waals surface area contributed by atoms with E-state index in [-0.39, 0.29) is 11.4 Å². The molecule has 0 bridgehead atoms. The van der Waals surface area contributed by atoms with Gasteiger partial charge in [0.15, 0.2) is 11.6 Å². The van der Waals surface area contributed by atoms with E-state index in [1.165, 1.54) is 25.3 Å². The standard InChI is InChI=1S/C20H19F2N3O2/c1-3-4-12-25-19(13-8-10-14(11-9-13)20(26)27-2)23-18(24-25)17-15(21)6-5-7-16(17)22/h5-11H,3-4,12H2,1-2H3. The number of aryl methyl sites for hydroxylation is 1. The van der Waals surface area contributed by atoms with Crippen molar-refractivity contribution in [1.82, 2.24) is 14.8 Å². The summed E-state index contributed by atoms with van der Waals surface area (Å²) in [5.74, 6) is -1.39. The molecule has 0 amide bonds. The second-order valence-corrected chi connectivity index (χ2v) is 6.00. The van der Waals surface area contributed by atoms with Crippen molar-refractivity contribution >= 4 is 5.97 Å². The van der Waals surface area contributed by atoms with Crippen LogP contribution >= 0.6 is 0 Å². The van der Waals surface area contributed by atoms with E-state index in [1.54, 1.807) is 28.9 Å². The number of carbonyl (C=O) groups is 1. The molecule has 3 rings (SSSR count). The molecule has 0 saturated heterocycles. The number of halogens is 2. The Morgan fingerprint density at radius 3 is 2.37 bits per heavy atom. The number of carbonyl (C=O) groups excluding carboxylic acids is 1. The summed E-state index contributed by atoms with van der Waals surface area (Å²) in [7, 11) is 1.31. The third-order valence-corrected chi connectivity index (χ3v) is 4.15. The molecule has 2 aromatic carbocycles. The van der Waals surface area contributed by atoms with Crippen molar-refractivity contribution in [2.24, 2.45) is 0 Å². The molecule has 1 aromatic heterocycles. The van der Waals surface area contributed by atoms with Crippen LogP contribution in [0.15, 0.2) is 42.5 Å². The summed E-state index contributed by atoms with van der Waals surface area (Å²) in [6, 6.07) is 10.3. The van der Waals surface area contributed by atoms with Gasteiger partial charge in [-0.05, 0) is 30.7 Å². The van der Waals surface area contributed by atoms with Crippen LogP contribution in [0.25, 0.3) is 22.8 Å². The number of rotatable bonds is 6. The van der Waals surface area contributed by atoms with E-state index in [2.05, 4.69) is 10.1 Å². The molecule has 0 radical (unpaired) electrons. The zero-order chi connectivity index (χ0) is 19.4. The lowest BCUT2D eigenvalue weighted by molar-refractivity contribution is 0.0600. The summed E-state index contributed by atoms with van der Waals surface area (Å²) >= 11 is 0. The monoisotopic (exact) mass is 371 g/mol. The van der Waals surface area contributed by atoms with Gasteiger partial charge in [-0.2, -0.15) is 5.10 Å². The zero-order valence-electron chi connectivity index (χ0n) is 15.1. The van der Waals surface area contributed by atoms with Crippen LogP contribution in [-0.4, -0.2) is 27.8 Å². The topological polar surface area (TPSA) is 57.0 Å². The summed E-state index contributed by atoms with van der Waals surface area (Å²) in [6.45, 7) is 2.60. The summed E-state index contributed by atoms with van der Waals surface area (Å²) in [5.41, 5.74) is 0.843. The van der Waals surface area contributed by atoms with Gasteiger partial charge in [0, 0.05) is 12.1 Å². The Morgan fingerprint density at radius 1 is 1.11 bits per heavy atom. The fraction of sp³-hybridized carbons (Fsp3) is 0.250. The average Bonchev–Trinajstić information content (AvgIpc) is 3.09. The first-order valence-electron chi connectivity index (χ1n) is 8.63. The van der Waals surface area contributed by atoms with Gasteiger partial charge in [0.25, 0.3) is 0 Å². The van der Waals surface area contributed by atoms with Crippen molar-refractivity contribution in [2.45, 2.75) is 26.3 Å². The second-order valence-electron chi connectivity index (χ2n) is 6.00. The van der Waals surface area contributed by atoms with Gasteiger partial charge >= 0.3 is 5.97 Å². The Kier molecular flexibility index (Phi) is 5.59. The lowest BCUT2D eigenvalue weighted by Crippen LogP contribution is -2.04. The van der Waals surface area contributed by atoms with Gasteiger partial charge in [-0.15, -0.1) is 0 Å². The molecular formula is C20H19F2N3O2. The maximum absolute atomic E-state index is 14.1. The third kappa shape index (κ3) is 3.86. The number of unbranched alkanes of at least 4 members (excludes halogenated alkanes) is 1. The minimum Gasteiger partial charge on any atom is -0.465 e. The summed E-state index contributed by atoms with van der Waals surface area (Å²) in [6.07, 6.45) is 1.78. The van der Waals surface area contributed by atoms with E-state index in [4.69, 9.17) is 4.74 Å². The van der Waals surface area contributed by atoms with Crippen LogP contribution in [0.5, 0.6) is 0 Å². The van der Waals surface area contributed by atoms with Gasteiger partial charge in [-0.1, -0.05) is 31.5 Å². The highest BCUT2D eigenvalue weighted by Crippen LogP contribution is 2.27. The van der Waals surface area contributed by atoms with E-state index in [0.717, 1.165) is 12.8 Å². The van der Waals surface area contributed by atoms with Gasteiger partial charge in [-0.3, -0.25) is 0 Å². The van der Waals surface area contributed by atoms with Crippen LogP contribution in [0.3, 0.4) is 0 Å². The molecule has 0 aliphatic rings. The van der Waals surface area contributed by atoms with Gasteiger partial charge < -0.3 is 4.74 Å². The molecule has 0 saturated carbocycles. The first-order valence-corrected chi connectivity index (χ1v) is 8.63. The molecular weight excluding hydrogens is 352 g/mol. The van der Waals surface area contributed by atoms with Gasteiger partial charge in [0.05, 0.1) is 18.2 Å². The van der Waals surface area contributed by atoms with Crippen molar-refractivity contribution in [3.05, 3.63) is 59.7 Å². The Labute approximate surface area is 155 Å². The molecule has 0 spiro atoms. The predicted octanol–water partition coefficient (Wildman–Crippen LogP) is 4.48. The molecule has 0 unspecified atom stereocenters. The number of methoxy groups -OCH3 is 1. The van der Waals surface area contributed by atoms with Crippen molar-refractivity contribution in [3.8, 4) is 22.8 Å². The van der Waals surface area contributed by atoms with Crippen LogP contribution < -0.4 is 0 Å². The number of hydrogen-bond donors (Lipinski definition) is 0. The van der Waals surface area contributed by atoms with Crippen LogP contribution in [0, 0.1) is 11.6 Å². The molecule has 0 aliphatic carbocycles.